The van der Waals surface area contributed by atoms with Crippen LogP contribution in [-0.2, 0) is 10.8 Å². The van der Waals surface area contributed by atoms with Crippen LogP contribution in [0.2, 0.25) is 0 Å². The number of nitrogens with zero attached hydrogens (tertiary/aromatic N) is 2. The van der Waals surface area contributed by atoms with Crippen molar-refractivity contribution in [1.82, 2.24) is 0 Å². The van der Waals surface area contributed by atoms with E-state index in [1.54, 1.807) is 22.3 Å². The third-order valence-electron chi connectivity index (χ3n) is 15.2. The molecule has 0 saturated heterocycles. The van der Waals surface area contributed by atoms with Crippen molar-refractivity contribution >= 4 is 57.2 Å². The van der Waals surface area contributed by atoms with Crippen LogP contribution in [0.15, 0.2) is 152 Å². The van der Waals surface area contributed by atoms with Gasteiger partial charge in [-0.3, -0.25) is 0 Å². The highest BCUT2D eigenvalue weighted by Gasteiger charge is 2.50. The molecule has 2 heterocycles. The molecule has 57 heavy (non-hydrogen) atoms. The fraction of sp³-hybridized carbons (Fsp3) is 0.222. The SMILES string of the molecule is c1ccc(N2c3ccccc3B3c4ccc5c(c4N(c4ccc6c(c4)-c4ccccc4C64CCCCC4)c4cccc2c43)-c2ccccc2C52CCCCC2)cc1. The van der Waals surface area contributed by atoms with E-state index in [1.807, 2.05) is 0 Å². The van der Waals surface area contributed by atoms with Crippen molar-refractivity contribution in [3.05, 3.63) is 174 Å². The molecule has 7 aromatic carbocycles. The van der Waals surface area contributed by atoms with E-state index in [9.17, 15) is 0 Å². The molecule has 0 atom stereocenters. The number of para-hydroxylation sites is 2. The zero-order chi connectivity index (χ0) is 37.3. The number of hydrogen-bond donors (Lipinski definition) is 0. The highest BCUT2D eigenvalue weighted by Crippen LogP contribution is 2.61. The summed E-state index contributed by atoms with van der Waals surface area (Å²) in [5.41, 5.74) is 24.1. The third kappa shape index (κ3) is 4.17. The molecule has 4 aliphatic carbocycles. The lowest BCUT2D eigenvalue weighted by molar-refractivity contribution is 0.353. The highest BCUT2D eigenvalue weighted by atomic mass is 15.2. The van der Waals surface area contributed by atoms with Gasteiger partial charge in [0.1, 0.15) is 0 Å². The van der Waals surface area contributed by atoms with Crippen molar-refractivity contribution in [2.24, 2.45) is 0 Å². The molecule has 2 saturated carbocycles. The van der Waals surface area contributed by atoms with Gasteiger partial charge in [-0.2, -0.15) is 0 Å². The lowest BCUT2D eigenvalue weighted by Gasteiger charge is -2.45. The second-order valence-electron chi connectivity index (χ2n) is 17.7. The van der Waals surface area contributed by atoms with Crippen molar-refractivity contribution in [2.45, 2.75) is 75.0 Å². The first-order valence-corrected chi connectivity index (χ1v) is 21.7. The van der Waals surface area contributed by atoms with Gasteiger partial charge in [-0.1, -0.05) is 148 Å². The van der Waals surface area contributed by atoms with Gasteiger partial charge in [0, 0.05) is 50.5 Å². The summed E-state index contributed by atoms with van der Waals surface area (Å²) in [6.45, 7) is 0.111. The number of benzene rings is 7. The molecule has 6 aliphatic rings. The van der Waals surface area contributed by atoms with Crippen molar-refractivity contribution < 1.29 is 0 Å². The minimum absolute atomic E-state index is 0.0752. The maximum Gasteiger partial charge on any atom is 0.252 e. The number of fused-ring (bicyclic) bond motifs is 15. The van der Waals surface area contributed by atoms with Gasteiger partial charge in [0.15, 0.2) is 0 Å². The normalized spacial score (nSPS) is 18.4. The maximum absolute atomic E-state index is 2.72. The molecule has 0 radical (unpaired) electrons. The Balaban J connectivity index is 1.12. The molecule has 2 aliphatic heterocycles. The zero-order valence-corrected chi connectivity index (χ0v) is 32.5. The minimum atomic E-state index is 0.0752. The first-order valence-electron chi connectivity index (χ1n) is 21.7. The molecule has 7 aromatic rings. The highest BCUT2D eigenvalue weighted by molar-refractivity contribution is 7.00. The Bertz CT molecular complexity index is 2790. The van der Waals surface area contributed by atoms with E-state index in [2.05, 4.69) is 161 Å². The van der Waals surface area contributed by atoms with E-state index < -0.39 is 0 Å². The molecular formula is C54H45BN2. The maximum atomic E-state index is 2.72. The molecule has 0 bridgehead atoms. The quantitative estimate of drug-likeness (QED) is 0.163. The number of rotatable bonds is 2. The van der Waals surface area contributed by atoms with E-state index in [1.165, 1.54) is 137 Å². The molecule has 2 fully saturated rings. The van der Waals surface area contributed by atoms with Gasteiger partial charge >= 0.3 is 0 Å². The Morgan fingerprint density at radius 3 is 1.74 bits per heavy atom. The standard InChI is InChI=1S/C54H45BN2/c1-4-17-36(18-5-1)56-47-24-11-10-23-45(47)55-46-30-29-44-50(39-20-7-9-22-42(39)54(44)33-14-3-15-34-54)52(46)57(49-26-16-25-48(56)51(49)55)37-27-28-43-40(35-37)38-19-6-8-21-41(38)53(43)31-12-2-13-32-53/h1,4-11,16-30,35H,2-3,12-15,31-34H2. The van der Waals surface area contributed by atoms with Crippen molar-refractivity contribution in [2.75, 3.05) is 9.80 Å². The molecule has 0 N–H and O–H groups in total. The molecule has 3 heteroatoms. The average Bonchev–Trinajstić information content (AvgIpc) is 3.70. The summed E-state index contributed by atoms with van der Waals surface area (Å²) in [6, 6.07) is 58.9. The smallest absolute Gasteiger partial charge is 0.252 e. The first-order chi connectivity index (χ1) is 28.3. The van der Waals surface area contributed by atoms with Crippen molar-refractivity contribution in [3.63, 3.8) is 0 Å². The van der Waals surface area contributed by atoms with Crippen LogP contribution < -0.4 is 26.2 Å². The second-order valence-corrected chi connectivity index (χ2v) is 17.7. The Morgan fingerprint density at radius 2 is 0.965 bits per heavy atom. The Kier molecular flexibility index (Phi) is 6.73. The summed E-state index contributed by atoms with van der Waals surface area (Å²) in [7, 11) is 0. The van der Waals surface area contributed by atoms with E-state index >= 15 is 0 Å². The zero-order valence-electron chi connectivity index (χ0n) is 32.5. The van der Waals surface area contributed by atoms with Gasteiger partial charge in [0.2, 0.25) is 0 Å². The van der Waals surface area contributed by atoms with Crippen molar-refractivity contribution in [1.29, 1.82) is 0 Å². The molecule has 0 amide bonds. The lowest BCUT2D eigenvalue weighted by atomic mass is 9.33. The summed E-state index contributed by atoms with van der Waals surface area (Å²) < 4.78 is 0. The fourth-order valence-electron chi connectivity index (χ4n) is 13.0. The Labute approximate surface area is 336 Å². The summed E-state index contributed by atoms with van der Waals surface area (Å²) in [5.74, 6) is 0. The van der Waals surface area contributed by atoms with Crippen LogP contribution in [0.1, 0.15) is 86.5 Å². The first kappa shape index (κ1) is 32.3. The lowest BCUT2D eigenvalue weighted by Crippen LogP contribution is -2.61. The average molecular weight is 733 g/mol. The van der Waals surface area contributed by atoms with Crippen LogP contribution in [0.4, 0.5) is 34.1 Å². The van der Waals surface area contributed by atoms with Gasteiger partial charge < -0.3 is 9.80 Å². The molecule has 13 rings (SSSR count). The van der Waals surface area contributed by atoms with E-state index in [0.717, 1.165) is 0 Å². The van der Waals surface area contributed by atoms with Crippen LogP contribution in [0.3, 0.4) is 0 Å². The van der Waals surface area contributed by atoms with E-state index in [-0.39, 0.29) is 17.5 Å². The van der Waals surface area contributed by atoms with Gasteiger partial charge in [0.25, 0.3) is 6.71 Å². The summed E-state index contributed by atoms with van der Waals surface area (Å²) in [6.07, 6.45) is 12.8. The molecule has 0 aromatic heterocycles. The van der Waals surface area contributed by atoms with E-state index in [0.29, 0.717) is 0 Å². The third-order valence-corrected chi connectivity index (χ3v) is 15.2. The monoisotopic (exact) mass is 732 g/mol. The van der Waals surface area contributed by atoms with Gasteiger partial charge in [-0.15, -0.1) is 0 Å². The summed E-state index contributed by atoms with van der Waals surface area (Å²) in [5, 5.41) is 0. The molecule has 2 spiro atoms. The van der Waals surface area contributed by atoms with Gasteiger partial charge in [-0.05, 0) is 123 Å². The number of hydrogen-bond acceptors (Lipinski definition) is 2. The summed E-state index contributed by atoms with van der Waals surface area (Å²) >= 11 is 0. The molecule has 274 valence electrons. The minimum Gasteiger partial charge on any atom is -0.311 e. The van der Waals surface area contributed by atoms with Crippen LogP contribution in [-0.4, -0.2) is 6.71 Å². The van der Waals surface area contributed by atoms with Gasteiger partial charge in [0.05, 0.1) is 0 Å². The van der Waals surface area contributed by atoms with Crippen LogP contribution in [0.5, 0.6) is 0 Å². The Morgan fingerprint density at radius 1 is 0.386 bits per heavy atom. The second kappa shape index (κ2) is 11.9. The van der Waals surface area contributed by atoms with Crippen molar-refractivity contribution in [3.8, 4) is 22.3 Å². The van der Waals surface area contributed by atoms with Crippen LogP contribution in [0.25, 0.3) is 22.3 Å². The predicted molar refractivity (Wildman–Crippen MR) is 239 cm³/mol. The molecule has 0 unspecified atom stereocenters. The molecular weight excluding hydrogens is 687 g/mol. The summed E-state index contributed by atoms with van der Waals surface area (Å²) in [4.78, 5) is 5.23. The van der Waals surface area contributed by atoms with Crippen LogP contribution >= 0.6 is 0 Å². The predicted octanol–water partition coefficient (Wildman–Crippen LogP) is 12.2. The largest absolute Gasteiger partial charge is 0.311 e. The molecule has 2 nitrogen and oxygen atoms in total. The fourth-order valence-corrected chi connectivity index (χ4v) is 13.0. The van der Waals surface area contributed by atoms with Gasteiger partial charge in [-0.25, -0.2) is 0 Å². The Hall–Kier alpha value is -5.80. The topological polar surface area (TPSA) is 6.48 Å². The number of anilines is 6. The van der Waals surface area contributed by atoms with Crippen LogP contribution in [0, 0.1) is 0 Å². The van der Waals surface area contributed by atoms with E-state index in [4.69, 9.17) is 0 Å².